The Morgan fingerprint density at radius 2 is 2.25 bits per heavy atom. The summed E-state index contributed by atoms with van der Waals surface area (Å²) >= 11 is 1.95. The first-order valence-corrected chi connectivity index (χ1v) is 7.04. The predicted molar refractivity (Wildman–Crippen MR) is 69.6 cm³/mol. The molecule has 0 aromatic heterocycles. The molecule has 1 fully saturated rings. The van der Waals surface area contributed by atoms with Crippen molar-refractivity contribution < 1.29 is 4.74 Å². The minimum Gasteiger partial charge on any atom is -0.486 e. The zero-order chi connectivity index (χ0) is 11.0. The molecule has 1 aromatic rings. The lowest BCUT2D eigenvalue weighted by Crippen LogP contribution is -2.45. The fourth-order valence-electron chi connectivity index (χ4n) is 2.24. The van der Waals surface area contributed by atoms with Crippen LogP contribution in [0.1, 0.15) is 18.9 Å². The number of nitrogens with one attached hydrogen (secondary N) is 1. The molecule has 2 heterocycles. The second-order valence-corrected chi connectivity index (χ2v) is 5.88. The van der Waals surface area contributed by atoms with Gasteiger partial charge in [-0.25, -0.2) is 0 Å². The smallest absolute Gasteiger partial charge is 0.124 e. The van der Waals surface area contributed by atoms with E-state index in [1.807, 2.05) is 11.8 Å². The Labute approximate surface area is 101 Å². The van der Waals surface area contributed by atoms with Crippen LogP contribution in [0.4, 0.5) is 5.69 Å². The largest absolute Gasteiger partial charge is 0.486 e. The van der Waals surface area contributed by atoms with Gasteiger partial charge in [0.1, 0.15) is 11.4 Å². The van der Waals surface area contributed by atoms with Gasteiger partial charge in [0.15, 0.2) is 0 Å². The minimum absolute atomic E-state index is 0.0631. The number of hydrogen-bond donors (Lipinski definition) is 1. The third kappa shape index (κ3) is 1.88. The third-order valence-corrected chi connectivity index (χ3v) is 4.83. The molecule has 16 heavy (non-hydrogen) atoms. The van der Waals surface area contributed by atoms with Gasteiger partial charge in [0.05, 0.1) is 0 Å². The standard InChI is InChI=1S/C13H17NOS/c1-13(8-16-9-13)15-11-5-4-10-3-2-6-14-12(10)7-11/h4-5,7,14H,2-3,6,8-9H2,1H3. The third-order valence-electron chi connectivity index (χ3n) is 3.20. The second kappa shape index (κ2) is 3.88. The van der Waals surface area contributed by atoms with Crippen molar-refractivity contribution in [1.82, 2.24) is 0 Å². The Kier molecular flexibility index (Phi) is 2.51. The van der Waals surface area contributed by atoms with Crippen molar-refractivity contribution in [3.05, 3.63) is 23.8 Å². The SMILES string of the molecule is CC1(Oc2ccc3c(c2)NCCC3)CSC1. The van der Waals surface area contributed by atoms with Crippen molar-refractivity contribution in [1.29, 1.82) is 0 Å². The molecule has 2 aliphatic heterocycles. The van der Waals surface area contributed by atoms with Crippen molar-refractivity contribution in [3.63, 3.8) is 0 Å². The molecular formula is C13H17NOS. The Morgan fingerprint density at radius 1 is 1.38 bits per heavy atom. The van der Waals surface area contributed by atoms with Gasteiger partial charge in [-0.3, -0.25) is 0 Å². The van der Waals surface area contributed by atoms with E-state index in [1.54, 1.807) is 0 Å². The monoisotopic (exact) mass is 235 g/mol. The van der Waals surface area contributed by atoms with Crippen LogP contribution in [0.2, 0.25) is 0 Å². The molecule has 0 saturated carbocycles. The van der Waals surface area contributed by atoms with E-state index in [2.05, 4.69) is 30.4 Å². The first-order valence-electron chi connectivity index (χ1n) is 5.89. The minimum atomic E-state index is 0.0631. The molecule has 0 bridgehead atoms. The van der Waals surface area contributed by atoms with E-state index in [0.29, 0.717) is 0 Å². The highest BCUT2D eigenvalue weighted by Gasteiger charge is 2.35. The molecule has 1 saturated heterocycles. The van der Waals surface area contributed by atoms with Crippen LogP contribution in [0.3, 0.4) is 0 Å². The quantitative estimate of drug-likeness (QED) is 0.851. The summed E-state index contributed by atoms with van der Waals surface area (Å²) < 4.78 is 6.04. The van der Waals surface area contributed by atoms with Crippen molar-refractivity contribution in [2.24, 2.45) is 0 Å². The molecule has 0 aliphatic carbocycles. The Balaban J connectivity index is 1.80. The summed E-state index contributed by atoms with van der Waals surface area (Å²) in [6.45, 7) is 3.28. The average Bonchev–Trinajstić information content (AvgIpc) is 2.27. The highest BCUT2D eigenvalue weighted by molar-refractivity contribution is 8.00. The number of aryl methyl sites for hydroxylation is 1. The summed E-state index contributed by atoms with van der Waals surface area (Å²) in [5.41, 5.74) is 2.75. The summed E-state index contributed by atoms with van der Waals surface area (Å²) in [6.07, 6.45) is 2.43. The lowest BCUT2D eigenvalue weighted by atomic mass is 10.0. The van der Waals surface area contributed by atoms with Gasteiger partial charge in [-0.2, -0.15) is 11.8 Å². The molecule has 0 spiro atoms. The van der Waals surface area contributed by atoms with Crippen LogP contribution in [0.15, 0.2) is 18.2 Å². The van der Waals surface area contributed by atoms with Crippen LogP contribution in [0.5, 0.6) is 5.75 Å². The van der Waals surface area contributed by atoms with Crippen LogP contribution in [-0.4, -0.2) is 23.7 Å². The second-order valence-electron chi connectivity index (χ2n) is 4.89. The van der Waals surface area contributed by atoms with Crippen molar-refractivity contribution in [3.8, 4) is 5.75 Å². The van der Waals surface area contributed by atoms with Crippen molar-refractivity contribution >= 4 is 17.4 Å². The van der Waals surface area contributed by atoms with Gasteiger partial charge in [0.25, 0.3) is 0 Å². The maximum Gasteiger partial charge on any atom is 0.124 e. The summed E-state index contributed by atoms with van der Waals surface area (Å²) in [5.74, 6) is 3.23. The number of rotatable bonds is 2. The van der Waals surface area contributed by atoms with Gasteiger partial charge in [-0.1, -0.05) is 6.07 Å². The van der Waals surface area contributed by atoms with E-state index in [1.165, 1.54) is 24.1 Å². The highest BCUT2D eigenvalue weighted by Crippen LogP contribution is 2.35. The molecule has 0 unspecified atom stereocenters. The fraction of sp³-hybridized carbons (Fsp3) is 0.538. The summed E-state index contributed by atoms with van der Waals surface area (Å²) in [7, 11) is 0. The molecule has 3 heteroatoms. The highest BCUT2D eigenvalue weighted by atomic mass is 32.2. The number of ether oxygens (including phenoxy) is 1. The Hall–Kier alpha value is -0.830. The van der Waals surface area contributed by atoms with E-state index in [9.17, 15) is 0 Å². The number of thioether (sulfide) groups is 1. The topological polar surface area (TPSA) is 21.3 Å². The first-order chi connectivity index (χ1) is 7.75. The molecule has 2 aliphatic rings. The normalized spacial score (nSPS) is 21.6. The number of fused-ring (bicyclic) bond motifs is 1. The van der Waals surface area contributed by atoms with E-state index >= 15 is 0 Å². The molecule has 0 amide bonds. The van der Waals surface area contributed by atoms with Gasteiger partial charge in [0.2, 0.25) is 0 Å². The van der Waals surface area contributed by atoms with Crippen LogP contribution in [-0.2, 0) is 6.42 Å². The van der Waals surface area contributed by atoms with Gasteiger partial charge < -0.3 is 10.1 Å². The van der Waals surface area contributed by atoms with Crippen LogP contribution in [0.25, 0.3) is 0 Å². The molecule has 1 N–H and O–H groups in total. The van der Waals surface area contributed by atoms with Crippen LogP contribution < -0.4 is 10.1 Å². The molecule has 1 aromatic carbocycles. The number of hydrogen-bond acceptors (Lipinski definition) is 3. The van der Waals surface area contributed by atoms with Crippen LogP contribution >= 0.6 is 11.8 Å². The molecule has 86 valence electrons. The Morgan fingerprint density at radius 3 is 3.00 bits per heavy atom. The lowest BCUT2D eigenvalue weighted by Gasteiger charge is -2.38. The van der Waals surface area contributed by atoms with Gasteiger partial charge >= 0.3 is 0 Å². The zero-order valence-electron chi connectivity index (χ0n) is 9.58. The van der Waals surface area contributed by atoms with Gasteiger partial charge in [-0.05, 0) is 31.4 Å². The van der Waals surface area contributed by atoms with Gasteiger partial charge in [0, 0.05) is 29.8 Å². The number of anilines is 1. The Bertz CT molecular complexity index is 401. The average molecular weight is 235 g/mol. The van der Waals surface area contributed by atoms with E-state index in [-0.39, 0.29) is 5.60 Å². The maximum absolute atomic E-state index is 6.04. The summed E-state index contributed by atoms with van der Waals surface area (Å²) in [4.78, 5) is 0. The van der Waals surface area contributed by atoms with Gasteiger partial charge in [-0.15, -0.1) is 0 Å². The number of benzene rings is 1. The maximum atomic E-state index is 6.04. The molecule has 3 rings (SSSR count). The summed E-state index contributed by atoms with van der Waals surface area (Å²) in [5, 5.41) is 3.44. The van der Waals surface area contributed by atoms with E-state index in [4.69, 9.17) is 4.74 Å². The van der Waals surface area contributed by atoms with Crippen molar-refractivity contribution in [2.45, 2.75) is 25.4 Å². The first kappa shape index (κ1) is 10.3. The van der Waals surface area contributed by atoms with Crippen molar-refractivity contribution in [2.75, 3.05) is 23.4 Å². The molecule has 2 nitrogen and oxygen atoms in total. The summed E-state index contributed by atoms with van der Waals surface area (Å²) in [6, 6.07) is 6.47. The molecular weight excluding hydrogens is 218 g/mol. The molecule has 0 radical (unpaired) electrons. The fourth-order valence-corrected chi connectivity index (χ4v) is 3.13. The molecule has 0 atom stereocenters. The predicted octanol–water partition coefficient (Wildman–Crippen LogP) is 2.93. The van der Waals surface area contributed by atoms with Crippen LogP contribution in [0, 0.1) is 0 Å². The van der Waals surface area contributed by atoms with E-state index < -0.39 is 0 Å². The zero-order valence-corrected chi connectivity index (χ0v) is 10.4. The lowest BCUT2D eigenvalue weighted by molar-refractivity contribution is 0.129. The van der Waals surface area contributed by atoms with E-state index in [0.717, 1.165) is 23.8 Å².